The number of nitrogens with one attached hydrogen (secondary N) is 1. The van der Waals surface area contributed by atoms with Crippen LogP contribution in [0.4, 0.5) is 0 Å². The fourth-order valence-corrected chi connectivity index (χ4v) is 1.85. The van der Waals surface area contributed by atoms with E-state index in [4.69, 9.17) is 21.6 Å². The van der Waals surface area contributed by atoms with Crippen LogP contribution < -0.4 is 5.32 Å². The van der Waals surface area contributed by atoms with Gasteiger partial charge < -0.3 is 10.1 Å². The average Bonchev–Trinajstić information content (AvgIpc) is 2.38. The minimum Gasteiger partial charge on any atom is -0.381 e. The summed E-state index contributed by atoms with van der Waals surface area (Å²) in [5.74, 6) is 0.588. The van der Waals surface area contributed by atoms with Gasteiger partial charge in [-0.25, -0.2) is 0 Å². The van der Waals surface area contributed by atoms with E-state index < -0.39 is 0 Å². The molecule has 19 heavy (non-hydrogen) atoms. The lowest BCUT2D eigenvalue weighted by Gasteiger charge is -2.08. The van der Waals surface area contributed by atoms with E-state index in [0.29, 0.717) is 23.0 Å². The van der Waals surface area contributed by atoms with Gasteiger partial charge in [-0.2, -0.15) is 5.26 Å². The van der Waals surface area contributed by atoms with Crippen LogP contribution in [0.1, 0.15) is 31.4 Å². The van der Waals surface area contributed by atoms with E-state index in [1.807, 2.05) is 6.07 Å². The Morgan fingerprint density at radius 2 is 2.21 bits per heavy atom. The molecule has 0 atom stereocenters. The molecule has 0 unspecified atom stereocenters. The molecule has 0 spiro atoms. The summed E-state index contributed by atoms with van der Waals surface area (Å²) in [4.78, 5) is 0. The van der Waals surface area contributed by atoms with E-state index in [-0.39, 0.29) is 0 Å². The van der Waals surface area contributed by atoms with Crippen molar-refractivity contribution < 1.29 is 4.74 Å². The summed E-state index contributed by atoms with van der Waals surface area (Å²) >= 11 is 6.09. The molecular formula is C15H21ClN2O. The van der Waals surface area contributed by atoms with Gasteiger partial charge in [-0.15, -0.1) is 0 Å². The highest BCUT2D eigenvalue weighted by Gasteiger charge is 2.01. The first-order valence-corrected chi connectivity index (χ1v) is 6.98. The Balaban J connectivity index is 2.18. The van der Waals surface area contributed by atoms with Gasteiger partial charge in [0.15, 0.2) is 0 Å². The number of hydrogen-bond donors (Lipinski definition) is 1. The molecule has 0 bridgehead atoms. The van der Waals surface area contributed by atoms with Crippen molar-refractivity contribution in [3.8, 4) is 6.07 Å². The molecule has 0 saturated heterocycles. The zero-order valence-electron chi connectivity index (χ0n) is 11.6. The second kappa shape index (κ2) is 8.92. The lowest BCUT2D eigenvalue weighted by atomic mass is 10.1. The molecule has 1 rings (SSSR count). The highest BCUT2D eigenvalue weighted by Crippen LogP contribution is 2.17. The van der Waals surface area contributed by atoms with Crippen LogP contribution in [-0.4, -0.2) is 19.8 Å². The summed E-state index contributed by atoms with van der Waals surface area (Å²) in [5, 5.41) is 12.7. The number of nitriles is 1. The van der Waals surface area contributed by atoms with Crippen LogP contribution in [-0.2, 0) is 11.3 Å². The molecule has 1 aromatic rings. The van der Waals surface area contributed by atoms with E-state index in [1.165, 1.54) is 0 Å². The van der Waals surface area contributed by atoms with Gasteiger partial charge in [0.25, 0.3) is 0 Å². The smallest absolute Gasteiger partial charge is 0.0992 e. The Hall–Kier alpha value is -1.08. The molecule has 1 aromatic carbocycles. The lowest BCUT2D eigenvalue weighted by molar-refractivity contribution is 0.108. The number of halogens is 1. The molecule has 0 saturated carbocycles. The molecule has 0 aliphatic carbocycles. The van der Waals surface area contributed by atoms with Gasteiger partial charge in [0, 0.05) is 24.8 Å². The highest BCUT2D eigenvalue weighted by molar-refractivity contribution is 6.31. The first kappa shape index (κ1) is 16.0. The number of ether oxygens (including phenoxy) is 1. The third-order valence-corrected chi connectivity index (χ3v) is 2.94. The standard InChI is InChI=1S/C15H21ClN2O/c1-12(2)11-19-7-3-6-18-10-14-5-4-13(9-17)8-15(14)16/h4-5,8,12,18H,3,6-7,10-11H2,1-2H3. The first-order valence-electron chi connectivity index (χ1n) is 6.60. The summed E-state index contributed by atoms with van der Waals surface area (Å²) in [6.45, 7) is 7.51. The van der Waals surface area contributed by atoms with Gasteiger partial charge in [0.1, 0.15) is 0 Å². The largest absolute Gasteiger partial charge is 0.381 e. The summed E-state index contributed by atoms with van der Waals surface area (Å²) in [6.07, 6.45) is 0.987. The van der Waals surface area contributed by atoms with E-state index in [9.17, 15) is 0 Å². The molecule has 0 heterocycles. The van der Waals surface area contributed by atoms with Crippen LogP contribution in [0.25, 0.3) is 0 Å². The highest BCUT2D eigenvalue weighted by atomic mass is 35.5. The Labute approximate surface area is 120 Å². The normalized spacial score (nSPS) is 10.7. The molecule has 104 valence electrons. The van der Waals surface area contributed by atoms with Gasteiger partial charge in [-0.05, 0) is 36.6 Å². The monoisotopic (exact) mass is 280 g/mol. The molecule has 4 heteroatoms. The van der Waals surface area contributed by atoms with Crippen molar-refractivity contribution >= 4 is 11.6 Å². The molecule has 0 aromatic heterocycles. The van der Waals surface area contributed by atoms with Crippen LogP contribution in [0.15, 0.2) is 18.2 Å². The fourth-order valence-electron chi connectivity index (χ4n) is 1.60. The van der Waals surface area contributed by atoms with Gasteiger partial charge in [-0.1, -0.05) is 31.5 Å². The number of benzene rings is 1. The fraction of sp³-hybridized carbons (Fsp3) is 0.533. The van der Waals surface area contributed by atoms with Gasteiger partial charge in [0.2, 0.25) is 0 Å². The molecule has 0 aliphatic rings. The van der Waals surface area contributed by atoms with Gasteiger partial charge >= 0.3 is 0 Å². The van der Waals surface area contributed by atoms with E-state index in [1.54, 1.807) is 12.1 Å². The van der Waals surface area contributed by atoms with Crippen molar-refractivity contribution in [1.82, 2.24) is 5.32 Å². The van der Waals surface area contributed by atoms with Crippen LogP contribution in [0.3, 0.4) is 0 Å². The van der Waals surface area contributed by atoms with Crippen LogP contribution >= 0.6 is 11.6 Å². The van der Waals surface area contributed by atoms with Crippen LogP contribution in [0.5, 0.6) is 0 Å². The SMILES string of the molecule is CC(C)COCCCNCc1ccc(C#N)cc1Cl. The lowest BCUT2D eigenvalue weighted by Crippen LogP contribution is -2.17. The maximum atomic E-state index is 8.75. The Morgan fingerprint density at radius 3 is 2.84 bits per heavy atom. The van der Waals surface area contributed by atoms with E-state index in [0.717, 1.165) is 31.7 Å². The van der Waals surface area contributed by atoms with Crippen molar-refractivity contribution in [2.45, 2.75) is 26.8 Å². The maximum Gasteiger partial charge on any atom is 0.0992 e. The van der Waals surface area contributed by atoms with E-state index in [2.05, 4.69) is 25.2 Å². The molecule has 3 nitrogen and oxygen atoms in total. The molecule has 0 fully saturated rings. The van der Waals surface area contributed by atoms with Crippen molar-refractivity contribution in [2.24, 2.45) is 5.92 Å². The number of hydrogen-bond acceptors (Lipinski definition) is 3. The van der Waals surface area contributed by atoms with E-state index >= 15 is 0 Å². The summed E-state index contributed by atoms with van der Waals surface area (Å²) in [7, 11) is 0. The topological polar surface area (TPSA) is 45.0 Å². The van der Waals surface area contributed by atoms with Crippen LogP contribution in [0, 0.1) is 17.2 Å². The number of nitrogens with zero attached hydrogens (tertiary/aromatic N) is 1. The Kier molecular flexibility index (Phi) is 7.50. The predicted octanol–water partition coefficient (Wildman–Crippen LogP) is 3.36. The minimum atomic E-state index is 0.588. The maximum absolute atomic E-state index is 8.75. The molecule has 1 N–H and O–H groups in total. The van der Waals surface area contributed by atoms with Crippen molar-refractivity contribution in [3.63, 3.8) is 0 Å². The summed E-state index contributed by atoms with van der Waals surface area (Å²) < 4.78 is 5.50. The third-order valence-electron chi connectivity index (χ3n) is 2.59. The second-order valence-electron chi connectivity index (χ2n) is 4.92. The Morgan fingerprint density at radius 1 is 1.42 bits per heavy atom. The van der Waals surface area contributed by atoms with Crippen molar-refractivity contribution in [3.05, 3.63) is 34.3 Å². The quantitative estimate of drug-likeness (QED) is 0.743. The summed E-state index contributed by atoms with van der Waals surface area (Å²) in [6, 6.07) is 7.45. The third kappa shape index (κ3) is 6.58. The van der Waals surface area contributed by atoms with Crippen LogP contribution in [0.2, 0.25) is 5.02 Å². The molecular weight excluding hydrogens is 260 g/mol. The number of rotatable bonds is 8. The molecule has 0 radical (unpaired) electrons. The van der Waals surface area contributed by atoms with Crippen molar-refractivity contribution in [2.75, 3.05) is 19.8 Å². The minimum absolute atomic E-state index is 0.588. The zero-order chi connectivity index (χ0) is 14.1. The predicted molar refractivity (Wildman–Crippen MR) is 78.1 cm³/mol. The van der Waals surface area contributed by atoms with Crippen molar-refractivity contribution in [1.29, 1.82) is 5.26 Å². The zero-order valence-corrected chi connectivity index (χ0v) is 12.3. The second-order valence-corrected chi connectivity index (χ2v) is 5.32. The molecule has 0 amide bonds. The molecule has 0 aliphatic heterocycles. The van der Waals surface area contributed by atoms with Gasteiger partial charge in [0.05, 0.1) is 11.6 Å². The summed E-state index contributed by atoms with van der Waals surface area (Å²) in [5.41, 5.74) is 1.61. The first-order chi connectivity index (χ1) is 9.13. The average molecular weight is 281 g/mol. The Bertz CT molecular complexity index is 427. The van der Waals surface area contributed by atoms with Gasteiger partial charge in [-0.3, -0.25) is 0 Å².